The van der Waals surface area contributed by atoms with Gasteiger partial charge in [-0.2, -0.15) is 0 Å². The molecule has 3 atom stereocenters. The van der Waals surface area contributed by atoms with E-state index in [0.717, 1.165) is 51.9 Å². The van der Waals surface area contributed by atoms with Gasteiger partial charge in [-0.1, -0.05) is 19.3 Å². The number of carbonyl (C=O) groups is 1. The van der Waals surface area contributed by atoms with E-state index in [1.54, 1.807) is 0 Å². The fraction of sp³-hybridized carbons (Fsp3) is 0.842. The number of hydrogen-bond donors (Lipinski definition) is 2. The van der Waals surface area contributed by atoms with Crippen molar-refractivity contribution in [3.05, 3.63) is 11.9 Å². The molecule has 1 aliphatic carbocycles. The Morgan fingerprint density at radius 3 is 2.65 bits per heavy atom. The van der Waals surface area contributed by atoms with Crippen molar-refractivity contribution in [3.8, 4) is 0 Å². The number of alkyl halides is 1. The minimum Gasteiger partial charge on any atom is -0.399 e. The van der Waals surface area contributed by atoms with E-state index in [2.05, 4.69) is 15.1 Å². The molecule has 0 spiro atoms. The SMILES string of the molecule is CN1CCN2CCN(C3(C4CCCCC4)C(N)=CNCC3F)CC2C1=O. The lowest BCUT2D eigenvalue weighted by molar-refractivity contribution is -0.147. The van der Waals surface area contributed by atoms with Gasteiger partial charge in [0.25, 0.3) is 0 Å². The normalized spacial score (nSPS) is 37.8. The number of nitrogens with one attached hydrogen (secondary N) is 1. The number of rotatable bonds is 2. The molecule has 4 aliphatic rings. The van der Waals surface area contributed by atoms with Gasteiger partial charge in [-0.3, -0.25) is 14.6 Å². The molecule has 0 bridgehead atoms. The Bertz CT molecular complexity index is 578. The third-order valence-corrected chi connectivity index (χ3v) is 7.12. The largest absolute Gasteiger partial charge is 0.399 e. The summed E-state index contributed by atoms with van der Waals surface area (Å²) >= 11 is 0. The number of nitrogens with two attached hydrogens (primary N) is 1. The molecule has 4 rings (SSSR count). The molecule has 6 nitrogen and oxygen atoms in total. The second-order valence-corrected chi connectivity index (χ2v) is 8.39. The molecule has 2 saturated heterocycles. The summed E-state index contributed by atoms with van der Waals surface area (Å²) in [5.74, 6) is 0.388. The van der Waals surface area contributed by atoms with E-state index in [0.29, 0.717) is 18.8 Å². The molecule has 3 fully saturated rings. The predicted molar refractivity (Wildman–Crippen MR) is 99.0 cm³/mol. The van der Waals surface area contributed by atoms with E-state index >= 15 is 4.39 Å². The smallest absolute Gasteiger partial charge is 0.241 e. The lowest BCUT2D eigenvalue weighted by Crippen LogP contribution is -2.73. The van der Waals surface area contributed by atoms with Crippen LogP contribution < -0.4 is 11.1 Å². The molecule has 0 aromatic heterocycles. The fourth-order valence-electron chi connectivity index (χ4n) is 5.70. The highest BCUT2D eigenvalue weighted by Crippen LogP contribution is 2.45. The van der Waals surface area contributed by atoms with Gasteiger partial charge in [0, 0.05) is 58.2 Å². The van der Waals surface area contributed by atoms with Crippen LogP contribution >= 0.6 is 0 Å². The lowest BCUT2D eigenvalue weighted by atomic mass is 9.68. The summed E-state index contributed by atoms with van der Waals surface area (Å²) in [6, 6.07) is -0.169. The average molecular weight is 365 g/mol. The van der Waals surface area contributed by atoms with Gasteiger partial charge in [-0.05, 0) is 18.8 Å². The van der Waals surface area contributed by atoms with Gasteiger partial charge >= 0.3 is 0 Å². The number of likely N-dealkylation sites (N-methyl/N-ethyl adjacent to an activating group) is 1. The summed E-state index contributed by atoms with van der Waals surface area (Å²) in [4.78, 5) is 19.0. The van der Waals surface area contributed by atoms with Crippen molar-refractivity contribution in [2.24, 2.45) is 11.7 Å². The molecule has 0 aromatic rings. The number of piperazine rings is 2. The van der Waals surface area contributed by atoms with Gasteiger partial charge in [0.15, 0.2) is 0 Å². The van der Waals surface area contributed by atoms with Gasteiger partial charge in [0.05, 0.1) is 5.54 Å². The third kappa shape index (κ3) is 2.71. The van der Waals surface area contributed by atoms with E-state index in [9.17, 15) is 4.79 Å². The number of nitrogens with zero attached hydrogens (tertiary/aromatic N) is 3. The van der Waals surface area contributed by atoms with E-state index in [-0.39, 0.29) is 17.9 Å². The maximum absolute atomic E-state index is 15.6. The van der Waals surface area contributed by atoms with Gasteiger partial charge < -0.3 is 16.0 Å². The minimum atomic E-state index is -1.04. The van der Waals surface area contributed by atoms with Crippen LogP contribution in [0.15, 0.2) is 11.9 Å². The van der Waals surface area contributed by atoms with Crippen LogP contribution in [-0.2, 0) is 4.79 Å². The number of carbonyl (C=O) groups excluding carboxylic acids is 1. The van der Waals surface area contributed by atoms with Gasteiger partial charge in [-0.25, -0.2) is 4.39 Å². The second-order valence-electron chi connectivity index (χ2n) is 8.39. The maximum atomic E-state index is 15.6. The van der Waals surface area contributed by atoms with Crippen LogP contribution in [0.3, 0.4) is 0 Å². The molecule has 0 aromatic carbocycles. The zero-order chi connectivity index (χ0) is 18.3. The van der Waals surface area contributed by atoms with E-state index in [4.69, 9.17) is 5.73 Å². The predicted octanol–water partition coefficient (Wildman–Crippen LogP) is 0.505. The molecule has 3 unspecified atom stereocenters. The van der Waals surface area contributed by atoms with Crippen LogP contribution in [0.5, 0.6) is 0 Å². The topological polar surface area (TPSA) is 64.8 Å². The number of hydrogen-bond acceptors (Lipinski definition) is 5. The maximum Gasteiger partial charge on any atom is 0.241 e. The first-order valence-electron chi connectivity index (χ1n) is 10.1. The molecule has 146 valence electrons. The Hall–Kier alpha value is -1.34. The van der Waals surface area contributed by atoms with E-state index in [1.807, 2.05) is 18.1 Å². The summed E-state index contributed by atoms with van der Waals surface area (Å²) in [7, 11) is 1.87. The highest BCUT2D eigenvalue weighted by Gasteiger charge is 2.56. The van der Waals surface area contributed by atoms with E-state index in [1.165, 1.54) is 6.42 Å². The number of amides is 1. The minimum absolute atomic E-state index is 0.159. The van der Waals surface area contributed by atoms with E-state index < -0.39 is 11.7 Å². The molecule has 1 amide bonds. The van der Waals surface area contributed by atoms with Gasteiger partial charge in [0.1, 0.15) is 12.2 Å². The second kappa shape index (κ2) is 7.00. The van der Waals surface area contributed by atoms with Crippen LogP contribution in [-0.4, -0.2) is 84.7 Å². The molecule has 7 heteroatoms. The first-order valence-corrected chi connectivity index (χ1v) is 10.1. The third-order valence-electron chi connectivity index (χ3n) is 7.12. The summed E-state index contributed by atoms with van der Waals surface area (Å²) in [5, 5.41) is 3.02. The Balaban J connectivity index is 1.67. The van der Waals surface area contributed by atoms with Crippen molar-refractivity contribution in [3.63, 3.8) is 0 Å². The van der Waals surface area contributed by atoms with Crippen molar-refractivity contribution >= 4 is 5.91 Å². The van der Waals surface area contributed by atoms with Crippen LogP contribution in [0.2, 0.25) is 0 Å². The summed E-state index contributed by atoms with van der Waals surface area (Å²) in [5.41, 5.74) is 6.37. The van der Waals surface area contributed by atoms with Crippen molar-refractivity contribution in [1.82, 2.24) is 20.0 Å². The quantitative estimate of drug-likeness (QED) is 0.746. The van der Waals surface area contributed by atoms with Gasteiger partial charge in [0.2, 0.25) is 5.91 Å². The first-order chi connectivity index (χ1) is 12.5. The Kier molecular flexibility index (Phi) is 4.86. The molecule has 3 aliphatic heterocycles. The van der Waals surface area contributed by atoms with Crippen molar-refractivity contribution in [1.29, 1.82) is 0 Å². The molecule has 3 N–H and O–H groups in total. The van der Waals surface area contributed by atoms with Crippen LogP contribution in [0.25, 0.3) is 0 Å². The summed E-state index contributed by atoms with van der Waals surface area (Å²) in [6.45, 7) is 4.15. The molecular weight excluding hydrogens is 333 g/mol. The lowest BCUT2D eigenvalue weighted by Gasteiger charge is -2.57. The van der Waals surface area contributed by atoms with Crippen LogP contribution in [0.1, 0.15) is 32.1 Å². The molecule has 0 radical (unpaired) electrons. The highest BCUT2D eigenvalue weighted by molar-refractivity contribution is 5.82. The summed E-state index contributed by atoms with van der Waals surface area (Å²) < 4.78 is 15.6. The number of fused-ring (bicyclic) bond motifs is 1. The first kappa shape index (κ1) is 18.0. The van der Waals surface area contributed by atoms with Crippen molar-refractivity contribution in [2.75, 3.05) is 46.3 Å². The van der Waals surface area contributed by atoms with Gasteiger partial charge in [-0.15, -0.1) is 0 Å². The molecular formula is C19H32FN5O. The molecule has 26 heavy (non-hydrogen) atoms. The Morgan fingerprint density at radius 2 is 1.92 bits per heavy atom. The fourth-order valence-corrected chi connectivity index (χ4v) is 5.70. The van der Waals surface area contributed by atoms with Crippen molar-refractivity contribution in [2.45, 2.75) is 49.9 Å². The molecule has 3 heterocycles. The Labute approximate surface area is 155 Å². The average Bonchev–Trinajstić information content (AvgIpc) is 2.66. The van der Waals surface area contributed by atoms with Crippen LogP contribution in [0, 0.1) is 5.92 Å². The monoisotopic (exact) mass is 365 g/mol. The van der Waals surface area contributed by atoms with Crippen LogP contribution in [0.4, 0.5) is 4.39 Å². The molecule has 1 saturated carbocycles. The Morgan fingerprint density at radius 1 is 1.19 bits per heavy atom. The van der Waals surface area contributed by atoms with Crippen molar-refractivity contribution < 1.29 is 9.18 Å². The summed E-state index contributed by atoms with van der Waals surface area (Å²) in [6.07, 6.45) is 6.33. The highest BCUT2D eigenvalue weighted by atomic mass is 19.1. The zero-order valence-electron chi connectivity index (χ0n) is 15.8. The standard InChI is InChI=1S/C19H32FN5O/c1-23-7-8-24-9-10-25(13-15(24)18(23)26)19(14-5-3-2-4-6-14)16(20)11-22-12-17(19)21/h12,14-16,22H,2-11,13,21H2,1H3. The zero-order valence-corrected chi connectivity index (χ0v) is 15.8. The number of halogens is 1.